The molecule has 0 radical (unpaired) electrons. The lowest BCUT2D eigenvalue weighted by Crippen LogP contribution is -2.41. The number of furan rings is 1. The maximum absolute atomic E-state index is 12.5. The van der Waals surface area contributed by atoms with Gasteiger partial charge in [0.05, 0.1) is 4.92 Å². The number of non-ortho nitro benzene ring substituents is 1. The number of rotatable bonds is 5. The summed E-state index contributed by atoms with van der Waals surface area (Å²) in [6, 6.07) is 9.95. The number of nitriles is 1. The van der Waals surface area contributed by atoms with Crippen LogP contribution in [0.2, 0.25) is 0 Å². The van der Waals surface area contributed by atoms with Gasteiger partial charge in [0, 0.05) is 29.8 Å². The predicted molar refractivity (Wildman–Crippen MR) is 109 cm³/mol. The summed E-state index contributed by atoms with van der Waals surface area (Å²) in [6.45, 7) is 3.88. The first-order valence-electron chi connectivity index (χ1n) is 9.67. The Labute approximate surface area is 169 Å². The van der Waals surface area contributed by atoms with E-state index < -0.39 is 10.8 Å². The highest BCUT2D eigenvalue weighted by Crippen LogP contribution is 2.29. The summed E-state index contributed by atoms with van der Waals surface area (Å²) in [4.78, 5) is 23.0. The Bertz CT molecular complexity index is 1000. The summed E-state index contributed by atoms with van der Waals surface area (Å²) in [6.07, 6.45) is 5.68. The molecule has 1 aromatic carbocycles. The molecular formula is C22H23N3O4. The van der Waals surface area contributed by atoms with Gasteiger partial charge in [-0.1, -0.05) is 19.8 Å². The standard InChI is InChI=1S/C22H23N3O4/c1-14-5-3-4-6-20(14)24-22(26)16(13-23)12-18-8-10-21(29-18)19-9-7-17(25(27)28)11-15(19)2/h7-12,14,20H,3-6H2,1-2H3,(H,24,26)/b16-12+/t14-,20+/m0/s1. The van der Waals surface area contributed by atoms with Gasteiger partial charge >= 0.3 is 0 Å². The van der Waals surface area contributed by atoms with Crippen molar-refractivity contribution in [3.8, 4) is 17.4 Å². The van der Waals surface area contributed by atoms with E-state index in [1.807, 2.05) is 6.07 Å². The zero-order valence-corrected chi connectivity index (χ0v) is 16.5. The quantitative estimate of drug-likeness (QED) is 0.341. The molecular weight excluding hydrogens is 370 g/mol. The number of hydrogen-bond donors (Lipinski definition) is 1. The number of aryl methyl sites for hydroxylation is 1. The van der Waals surface area contributed by atoms with Gasteiger partial charge in [-0.05, 0) is 49.4 Å². The molecule has 7 heteroatoms. The molecule has 2 aromatic rings. The van der Waals surface area contributed by atoms with E-state index in [1.165, 1.54) is 24.6 Å². The second kappa shape index (κ2) is 8.74. The highest BCUT2D eigenvalue weighted by atomic mass is 16.6. The smallest absolute Gasteiger partial charge is 0.269 e. The van der Waals surface area contributed by atoms with Crippen LogP contribution in [0.4, 0.5) is 5.69 Å². The van der Waals surface area contributed by atoms with Crippen LogP contribution in [0.25, 0.3) is 17.4 Å². The zero-order chi connectivity index (χ0) is 21.0. The first-order chi connectivity index (χ1) is 13.9. The van der Waals surface area contributed by atoms with E-state index >= 15 is 0 Å². The van der Waals surface area contributed by atoms with E-state index in [-0.39, 0.29) is 17.3 Å². The first-order valence-corrected chi connectivity index (χ1v) is 9.67. The van der Waals surface area contributed by atoms with Gasteiger partial charge in [0.15, 0.2) is 0 Å². The van der Waals surface area contributed by atoms with E-state index in [9.17, 15) is 20.2 Å². The maximum Gasteiger partial charge on any atom is 0.269 e. The van der Waals surface area contributed by atoms with Gasteiger partial charge in [-0.25, -0.2) is 0 Å². The van der Waals surface area contributed by atoms with Crippen molar-refractivity contribution in [2.75, 3.05) is 0 Å². The number of carbonyl (C=O) groups is 1. The summed E-state index contributed by atoms with van der Waals surface area (Å²) in [5, 5.41) is 23.3. The molecule has 1 aliphatic carbocycles. The topological polar surface area (TPSA) is 109 Å². The van der Waals surface area contributed by atoms with Crippen molar-refractivity contribution in [3.63, 3.8) is 0 Å². The SMILES string of the molecule is Cc1cc([N+](=O)[O-])ccc1-c1ccc(/C=C(\C#N)C(=O)N[C@@H]2CCCC[C@@H]2C)o1. The number of nitrogens with one attached hydrogen (secondary N) is 1. The third-order valence-electron chi connectivity index (χ3n) is 5.39. The molecule has 1 saturated carbocycles. The van der Waals surface area contributed by atoms with Crippen molar-refractivity contribution in [1.29, 1.82) is 5.26 Å². The molecule has 150 valence electrons. The Morgan fingerprint density at radius 3 is 2.72 bits per heavy atom. The number of carbonyl (C=O) groups excluding carboxylic acids is 1. The molecule has 1 N–H and O–H groups in total. The van der Waals surface area contributed by atoms with E-state index in [1.54, 1.807) is 25.1 Å². The molecule has 0 unspecified atom stereocenters. The Hall–Kier alpha value is -3.40. The summed E-state index contributed by atoms with van der Waals surface area (Å²) >= 11 is 0. The third-order valence-corrected chi connectivity index (χ3v) is 5.39. The van der Waals surface area contributed by atoms with Crippen LogP contribution in [-0.2, 0) is 4.79 Å². The number of nitrogens with zero attached hydrogens (tertiary/aromatic N) is 2. The number of benzene rings is 1. The monoisotopic (exact) mass is 393 g/mol. The van der Waals surface area contributed by atoms with E-state index in [2.05, 4.69) is 12.2 Å². The van der Waals surface area contributed by atoms with E-state index in [0.717, 1.165) is 19.3 Å². The van der Waals surface area contributed by atoms with Crippen molar-refractivity contribution in [3.05, 3.63) is 57.3 Å². The van der Waals surface area contributed by atoms with Gasteiger partial charge in [0.1, 0.15) is 23.2 Å². The summed E-state index contributed by atoms with van der Waals surface area (Å²) in [5.74, 6) is 0.895. The lowest BCUT2D eigenvalue weighted by atomic mass is 9.86. The molecule has 0 aliphatic heterocycles. The van der Waals surface area contributed by atoms with Crippen molar-refractivity contribution in [2.24, 2.45) is 5.92 Å². The fourth-order valence-electron chi connectivity index (χ4n) is 3.68. The second-order valence-electron chi connectivity index (χ2n) is 7.47. The summed E-state index contributed by atoms with van der Waals surface area (Å²) in [5.41, 5.74) is 1.42. The molecule has 7 nitrogen and oxygen atoms in total. The Kier molecular flexibility index (Phi) is 6.13. The predicted octanol–water partition coefficient (Wildman–Crippen LogP) is 4.77. The normalized spacial score (nSPS) is 19.4. The minimum atomic E-state index is -0.446. The fourth-order valence-corrected chi connectivity index (χ4v) is 3.68. The van der Waals surface area contributed by atoms with Crippen LogP contribution in [0.1, 0.15) is 43.9 Å². The number of nitro groups is 1. The molecule has 1 aromatic heterocycles. The van der Waals surface area contributed by atoms with Crippen molar-refractivity contribution in [2.45, 2.75) is 45.6 Å². The molecule has 29 heavy (non-hydrogen) atoms. The van der Waals surface area contributed by atoms with Crippen LogP contribution in [0, 0.1) is 34.3 Å². The van der Waals surface area contributed by atoms with Crippen LogP contribution in [0.15, 0.2) is 40.3 Å². The molecule has 1 heterocycles. The van der Waals surface area contributed by atoms with Crippen molar-refractivity contribution < 1.29 is 14.1 Å². The molecule has 1 amide bonds. The number of amides is 1. The molecule has 2 atom stereocenters. The number of hydrogen-bond acceptors (Lipinski definition) is 5. The average Bonchev–Trinajstić information content (AvgIpc) is 3.16. The van der Waals surface area contributed by atoms with Gasteiger partial charge in [-0.3, -0.25) is 14.9 Å². The van der Waals surface area contributed by atoms with Crippen LogP contribution in [0.3, 0.4) is 0 Å². The second-order valence-corrected chi connectivity index (χ2v) is 7.47. The molecule has 0 saturated heterocycles. The molecule has 0 spiro atoms. The average molecular weight is 393 g/mol. The maximum atomic E-state index is 12.5. The highest BCUT2D eigenvalue weighted by Gasteiger charge is 2.24. The van der Waals surface area contributed by atoms with Gasteiger partial charge in [0.25, 0.3) is 11.6 Å². The zero-order valence-electron chi connectivity index (χ0n) is 16.5. The number of nitro benzene ring substituents is 1. The molecule has 1 fully saturated rings. The van der Waals surface area contributed by atoms with Crippen LogP contribution in [0.5, 0.6) is 0 Å². The molecule has 1 aliphatic rings. The van der Waals surface area contributed by atoms with E-state index in [0.29, 0.717) is 28.6 Å². The highest BCUT2D eigenvalue weighted by molar-refractivity contribution is 6.01. The lowest BCUT2D eigenvalue weighted by Gasteiger charge is -2.29. The largest absolute Gasteiger partial charge is 0.457 e. The minimum Gasteiger partial charge on any atom is -0.457 e. The fraction of sp³-hybridized carbons (Fsp3) is 0.364. The van der Waals surface area contributed by atoms with Crippen molar-refractivity contribution >= 4 is 17.7 Å². The Morgan fingerprint density at radius 2 is 2.07 bits per heavy atom. The Morgan fingerprint density at radius 1 is 1.31 bits per heavy atom. The van der Waals surface area contributed by atoms with Crippen LogP contribution < -0.4 is 5.32 Å². The van der Waals surface area contributed by atoms with Crippen LogP contribution in [-0.4, -0.2) is 16.9 Å². The third kappa shape index (κ3) is 4.72. The minimum absolute atomic E-state index is 0.0101. The summed E-state index contributed by atoms with van der Waals surface area (Å²) < 4.78 is 5.77. The molecule has 0 bridgehead atoms. The van der Waals surface area contributed by atoms with Gasteiger partial charge in [0.2, 0.25) is 0 Å². The van der Waals surface area contributed by atoms with Gasteiger partial charge < -0.3 is 9.73 Å². The van der Waals surface area contributed by atoms with Gasteiger partial charge in [-0.2, -0.15) is 5.26 Å². The molecule has 3 rings (SSSR count). The van der Waals surface area contributed by atoms with E-state index in [4.69, 9.17) is 4.42 Å². The first kappa shape index (κ1) is 20.3. The van der Waals surface area contributed by atoms with Crippen LogP contribution >= 0.6 is 0 Å². The van der Waals surface area contributed by atoms with Gasteiger partial charge in [-0.15, -0.1) is 0 Å². The summed E-state index contributed by atoms with van der Waals surface area (Å²) in [7, 11) is 0. The lowest BCUT2D eigenvalue weighted by molar-refractivity contribution is -0.384. The Balaban J connectivity index is 1.78. The van der Waals surface area contributed by atoms with Crippen molar-refractivity contribution in [1.82, 2.24) is 5.32 Å².